The number of aryl methyl sites for hydroxylation is 1. The molecular weight excluding hydrogens is 420 g/mol. The average Bonchev–Trinajstić information content (AvgIpc) is 3.20. The number of para-hydroxylation sites is 2. The Labute approximate surface area is 191 Å². The fourth-order valence-corrected chi connectivity index (χ4v) is 4.07. The van der Waals surface area contributed by atoms with Crippen molar-refractivity contribution in [1.29, 1.82) is 0 Å². The molecule has 1 heterocycles. The van der Waals surface area contributed by atoms with Crippen LogP contribution in [0.1, 0.15) is 18.1 Å². The number of carbonyl (C=O) groups is 1. The number of nitrogens with one attached hydrogen (secondary N) is 1. The molecule has 0 spiro atoms. The minimum Gasteiger partial charge on any atom is -0.489 e. The van der Waals surface area contributed by atoms with Crippen molar-refractivity contribution in [2.45, 2.75) is 25.2 Å². The molecule has 0 aliphatic carbocycles. The highest BCUT2D eigenvalue weighted by Crippen LogP contribution is 2.23. The Balaban J connectivity index is 1.25. The van der Waals surface area contributed by atoms with Gasteiger partial charge in [-0.15, -0.1) is 0 Å². The largest absolute Gasteiger partial charge is 0.489 e. The summed E-state index contributed by atoms with van der Waals surface area (Å²) in [6.07, 6.45) is 1.62. The van der Waals surface area contributed by atoms with Gasteiger partial charge in [0.2, 0.25) is 0 Å². The van der Waals surface area contributed by atoms with Crippen molar-refractivity contribution in [3.8, 4) is 5.75 Å². The van der Waals surface area contributed by atoms with Crippen LogP contribution in [-0.4, -0.2) is 27.4 Å². The van der Waals surface area contributed by atoms with E-state index in [0.29, 0.717) is 6.61 Å². The first-order valence-electron chi connectivity index (χ1n) is 10.4. The number of carbonyl (C=O) groups excluding carboxylic acids is 1. The van der Waals surface area contributed by atoms with Crippen LogP contribution < -0.4 is 10.2 Å². The SMILES string of the molecule is CCn1c(SCC(=O)NN=Cc2ccc(OCc3ccccc3)cc2)nc2ccccc21. The highest BCUT2D eigenvalue weighted by molar-refractivity contribution is 7.99. The summed E-state index contributed by atoms with van der Waals surface area (Å²) in [5.74, 6) is 0.849. The van der Waals surface area contributed by atoms with E-state index in [2.05, 4.69) is 27.0 Å². The Morgan fingerprint density at radius 2 is 1.81 bits per heavy atom. The van der Waals surface area contributed by atoms with Crippen LogP contribution in [-0.2, 0) is 17.9 Å². The summed E-state index contributed by atoms with van der Waals surface area (Å²) in [6.45, 7) is 3.39. The molecule has 0 aliphatic rings. The molecule has 0 unspecified atom stereocenters. The van der Waals surface area contributed by atoms with Gasteiger partial charge in [-0.3, -0.25) is 4.79 Å². The number of hydrazone groups is 1. The molecule has 162 valence electrons. The van der Waals surface area contributed by atoms with Crippen molar-refractivity contribution in [1.82, 2.24) is 15.0 Å². The maximum atomic E-state index is 12.2. The lowest BCUT2D eigenvalue weighted by atomic mass is 10.2. The molecule has 7 heteroatoms. The number of hydrogen-bond donors (Lipinski definition) is 1. The molecular formula is C25H24N4O2S. The van der Waals surface area contributed by atoms with Gasteiger partial charge in [0, 0.05) is 6.54 Å². The van der Waals surface area contributed by atoms with Crippen molar-refractivity contribution in [2.75, 3.05) is 5.75 Å². The van der Waals surface area contributed by atoms with Crippen molar-refractivity contribution in [3.63, 3.8) is 0 Å². The highest BCUT2D eigenvalue weighted by Gasteiger charge is 2.11. The van der Waals surface area contributed by atoms with E-state index < -0.39 is 0 Å². The molecule has 3 aromatic carbocycles. The van der Waals surface area contributed by atoms with Crippen LogP contribution in [0.15, 0.2) is 89.1 Å². The van der Waals surface area contributed by atoms with Crippen LogP contribution in [0.3, 0.4) is 0 Å². The minimum absolute atomic E-state index is 0.177. The molecule has 0 bridgehead atoms. The first-order valence-corrected chi connectivity index (χ1v) is 11.4. The highest BCUT2D eigenvalue weighted by atomic mass is 32.2. The number of hydrogen-bond acceptors (Lipinski definition) is 5. The second-order valence-electron chi connectivity index (χ2n) is 7.05. The van der Waals surface area contributed by atoms with E-state index in [4.69, 9.17) is 4.74 Å². The summed E-state index contributed by atoms with van der Waals surface area (Å²) in [5, 5.41) is 4.89. The van der Waals surface area contributed by atoms with E-state index in [1.54, 1.807) is 6.21 Å². The predicted octanol–water partition coefficient (Wildman–Crippen LogP) is 4.88. The Bertz CT molecular complexity index is 1200. The van der Waals surface area contributed by atoms with Gasteiger partial charge < -0.3 is 9.30 Å². The molecule has 0 fully saturated rings. The first kappa shape index (κ1) is 21.6. The third-order valence-corrected chi connectivity index (χ3v) is 5.78. The third kappa shape index (κ3) is 5.56. The first-order chi connectivity index (χ1) is 15.7. The van der Waals surface area contributed by atoms with Crippen molar-refractivity contribution >= 4 is 34.9 Å². The Hall–Kier alpha value is -3.58. The molecule has 1 aromatic heterocycles. The average molecular weight is 445 g/mol. The van der Waals surface area contributed by atoms with E-state index in [1.165, 1.54) is 11.8 Å². The van der Waals surface area contributed by atoms with Gasteiger partial charge in [0.1, 0.15) is 12.4 Å². The fraction of sp³-hybridized carbons (Fsp3) is 0.160. The predicted molar refractivity (Wildman–Crippen MR) is 129 cm³/mol. The number of imidazole rings is 1. The van der Waals surface area contributed by atoms with Crippen LogP contribution >= 0.6 is 11.8 Å². The fourth-order valence-electron chi connectivity index (χ4n) is 3.20. The number of rotatable bonds is 9. The molecule has 0 saturated heterocycles. The molecule has 0 saturated carbocycles. The zero-order valence-electron chi connectivity index (χ0n) is 17.8. The number of benzene rings is 3. The molecule has 4 rings (SSSR count). The van der Waals surface area contributed by atoms with Gasteiger partial charge in [0.05, 0.1) is 23.0 Å². The lowest BCUT2D eigenvalue weighted by Crippen LogP contribution is -2.20. The molecule has 0 atom stereocenters. The number of amides is 1. The monoisotopic (exact) mass is 444 g/mol. The third-order valence-electron chi connectivity index (χ3n) is 4.80. The Morgan fingerprint density at radius 1 is 1.06 bits per heavy atom. The summed E-state index contributed by atoms with van der Waals surface area (Å²) >= 11 is 1.41. The van der Waals surface area contributed by atoms with Gasteiger partial charge in [0.15, 0.2) is 5.16 Å². The summed E-state index contributed by atoms with van der Waals surface area (Å²) in [4.78, 5) is 16.8. The number of aromatic nitrogens is 2. The van der Waals surface area contributed by atoms with E-state index in [-0.39, 0.29) is 11.7 Å². The van der Waals surface area contributed by atoms with Crippen molar-refractivity contribution < 1.29 is 9.53 Å². The molecule has 1 N–H and O–H groups in total. The van der Waals surface area contributed by atoms with Crippen LogP contribution in [0.4, 0.5) is 0 Å². The number of ether oxygens (including phenoxy) is 1. The lowest BCUT2D eigenvalue weighted by molar-refractivity contribution is -0.118. The topological polar surface area (TPSA) is 68.5 Å². The molecule has 0 aliphatic heterocycles. The molecule has 32 heavy (non-hydrogen) atoms. The van der Waals surface area contributed by atoms with Gasteiger partial charge in [-0.1, -0.05) is 54.2 Å². The van der Waals surface area contributed by atoms with Crippen LogP contribution in [0.25, 0.3) is 11.0 Å². The van der Waals surface area contributed by atoms with Crippen molar-refractivity contribution in [2.24, 2.45) is 5.10 Å². The van der Waals surface area contributed by atoms with Crippen molar-refractivity contribution in [3.05, 3.63) is 90.0 Å². The van der Waals surface area contributed by atoms with Gasteiger partial charge in [-0.25, -0.2) is 10.4 Å². The summed E-state index contributed by atoms with van der Waals surface area (Å²) < 4.78 is 7.89. The molecule has 1 amide bonds. The van der Waals surface area contributed by atoms with E-state index in [9.17, 15) is 4.79 Å². The van der Waals surface area contributed by atoms with Gasteiger partial charge >= 0.3 is 0 Å². The summed E-state index contributed by atoms with van der Waals surface area (Å²) in [7, 11) is 0. The van der Waals surface area contributed by atoms with Crippen LogP contribution in [0.5, 0.6) is 5.75 Å². The van der Waals surface area contributed by atoms with E-state index >= 15 is 0 Å². The molecule has 6 nitrogen and oxygen atoms in total. The maximum absolute atomic E-state index is 12.2. The van der Waals surface area contributed by atoms with Crippen LogP contribution in [0, 0.1) is 0 Å². The lowest BCUT2D eigenvalue weighted by Gasteiger charge is -2.06. The maximum Gasteiger partial charge on any atom is 0.250 e. The minimum atomic E-state index is -0.177. The van der Waals surface area contributed by atoms with Gasteiger partial charge in [0.25, 0.3) is 5.91 Å². The quantitative estimate of drug-likeness (QED) is 0.227. The van der Waals surface area contributed by atoms with E-state index in [1.807, 2.05) is 78.9 Å². The van der Waals surface area contributed by atoms with Gasteiger partial charge in [-0.2, -0.15) is 5.10 Å². The number of thioether (sulfide) groups is 1. The number of nitrogens with zero attached hydrogens (tertiary/aromatic N) is 3. The Kier molecular flexibility index (Phi) is 7.19. The van der Waals surface area contributed by atoms with Crippen LogP contribution in [0.2, 0.25) is 0 Å². The summed E-state index contributed by atoms with van der Waals surface area (Å²) in [5.41, 5.74) is 6.58. The second-order valence-corrected chi connectivity index (χ2v) is 8.00. The number of fused-ring (bicyclic) bond motifs is 1. The zero-order chi connectivity index (χ0) is 22.2. The van der Waals surface area contributed by atoms with Gasteiger partial charge in [-0.05, 0) is 54.4 Å². The van der Waals surface area contributed by atoms with E-state index in [0.717, 1.165) is 39.6 Å². The summed E-state index contributed by atoms with van der Waals surface area (Å²) in [6, 6.07) is 25.6. The molecule has 4 aromatic rings. The Morgan fingerprint density at radius 3 is 2.59 bits per heavy atom. The smallest absolute Gasteiger partial charge is 0.250 e. The normalized spacial score (nSPS) is 11.2. The zero-order valence-corrected chi connectivity index (χ0v) is 18.6. The standard InChI is InChI=1S/C25H24N4O2S/c1-2-29-23-11-7-6-10-22(23)27-25(29)32-18-24(30)28-26-16-19-12-14-21(15-13-19)31-17-20-8-4-3-5-9-20/h3-16H,2,17-18H2,1H3,(H,28,30). The second kappa shape index (κ2) is 10.6. The molecule has 0 radical (unpaired) electrons.